The molecular formula is C11H19N3O. The summed E-state index contributed by atoms with van der Waals surface area (Å²) in [6.45, 7) is 5.62. The summed E-state index contributed by atoms with van der Waals surface area (Å²) in [5, 5.41) is 2.84. The van der Waals surface area contributed by atoms with Gasteiger partial charge in [0.1, 0.15) is 0 Å². The van der Waals surface area contributed by atoms with E-state index in [0.717, 1.165) is 6.54 Å². The van der Waals surface area contributed by atoms with Crippen molar-refractivity contribution in [3.8, 4) is 0 Å². The Morgan fingerprint density at radius 2 is 1.87 bits per heavy atom. The van der Waals surface area contributed by atoms with E-state index in [9.17, 15) is 4.79 Å². The third-order valence-corrected chi connectivity index (χ3v) is 2.44. The first-order valence-electron chi connectivity index (χ1n) is 5.10. The number of hydrogen-bond donors (Lipinski definition) is 1. The molecule has 0 aliphatic rings. The maximum absolute atomic E-state index is 11.2. The van der Waals surface area contributed by atoms with E-state index in [1.165, 1.54) is 16.3 Å². The highest BCUT2D eigenvalue weighted by Crippen LogP contribution is 2.05. The number of aryl methyl sites for hydroxylation is 2. The number of hydrogen-bond acceptors (Lipinski definition) is 1. The highest BCUT2D eigenvalue weighted by Gasteiger charge is 2.03. The van der Waals surface area contributed by atoms with Crippen molar-refractivity contribution in [3.63, 3.8) is 0 Å². The molecule has 2 amide bonds. The maximum atomic E-state index is 11.2. The third-order valence-electron chi connectivity index (χ3n) is 2.44. The SMILES string of the molecule is Cc1ccc(C)n1CCNC(=O)N(C)C. The molecule has 0 atom stereocenters. The van der Waals surface area contributed by atoms with Crippen molar-refractivity contribution >= 4 is 6.03 Å². The fourth-order valence-electron chi connectivity index (χ4n) is 1.48. The van der Waals surface area contributed by atoms with Crippen molar-refractivity contribution in [2.24, 2.45) is 0 Å². The van der Waals surface area contributed by atoms with E-state index in [0.29, 0.717) is 6.54 Å². The number of amides is 2. The second kappa shape index (κ2) is 4.87. The number of aromatic nitrogens is 1. The summed E-state index contributed by atoms with van der Waals surface area (Å²) < 4.78 is 2.19. The minimum Gasteiger partial charge on any atom is -0.347 e. The Bertz CT molecular complexity index is 322. The average Bonchev–Trinajstić information content (AvgIpc) is 2.48. The lowest BCUT2D eigenvalue weighted by atomic mass is 10.5. The quantitative estimate of drug-likeness (QED) is 0.802. The van der Waals surface area contributed by atoms with E-state index in [-0.39, 0.29) is 6.03 Å². The van der Waals surface area contributed by atoms with E-state index in [4.69, 9.17) is 0 Å². The van der Waals surface area contributed by atoms with Gasteiger partial charge in [0.2, 0.25) is 0 Å². The van der Waals surface area contributed by atoms with Crippen LogP contribution in [0.4, 0.5) is 4.79 Å². The van der Waals surface area contributed by atoms with Crippen LogP contribution in [0.15, 0.2) is 12.1 Å². The number of nitrogens with zero attached hydrogens (tertiary/aromatic N) is 2. The van der Waals surface area contributed by atoms with Gasteiger partial charge in [-0.2, -0.15) is 0 Å². The Labute approximate surface area is 90.9 Å². The van der Waals surface area contributed by atoms with Gasteiger partial charge in [-0.3, -0.25) is 0 Å². The molecule has 0 aliphatic carbocycles. The minimum atomic E-state index is -0.0440. The van der Waals surface area contributed by atoms with Gasteiger partial charge in [-0.05, 0) is 26.0 Å². The first-order valence-corrected chi connectivity index (χ1v) is 5.10. The van der Waals surface area contributed by atoms with Crippen LogP contribution >= 0.6 is 0 Å². The van der Waals surface area contributed by atoms with Gasteiger partial charge in [-0.1, -0.05) is 0 Å². The van der Waals surface area contributed by atoms with Crippen LogP contribution in [0.2, 0.25) is 0 Å². The number of urea groups is 1. The molecule has 4 nitrogen and oxygen atoms in total. The van der Waals surface area contributed by atoms with Crippen molar-refractivity contribution in [2.45, 2.75) is 20.4 Å². The van der Waals surface area contributed by atoms with Gasteiger partial charge >= 0.3 is 6.03 Å². The Morgan fingerprint density at radius 3 is 2.33 bits per heavy atom. The molecule has 15 heavy (non-hydrogen) atoms. The van der Waals surface area contributed by atoms with E-state index < -0.39 is 0 Å². The van der Waals surface area contributed by atoms with Gasteiger partial charge in [-0.25, -0.2) is 4.79 Å². The molecule has 1 heterocycles. The fraction of sp³-hybridized carbons (Fsp3) is 0.545. The van der Waals surface area contributed by atoms with Crippen molar-refractivity contribution in [2.75, 3.05) is 20.6 Å². The number of carbonyl (C=O) groups excluding carboxylic acids is 1. The molecule has 1 N–H and O–H groups in total. The number of rotatable bonds is 3. The summed E-state index contributed by atoms with van der Waals surface area (Å²) in [5.74, 6) is 0. The smallest absolute Gasteiger partial charge is 0.316 e. The minimum absolute atomic E-state index is 0.0440. The van der Waals surface area contributed by atoms with Crippen LogP contribution < -0.4 is 5.32 Å². The lowest BCUT2D eigenvalue weighted by Crippen LogP contribution is -2.36. The standard InChI is InChI=1S/C11H19N3O/c1-9-5-6-10(2)14(9)8-7-12-11(15)13(3)4/h5-6H,7-8H2,1-4H3,(H,12,15). The van der Waals surface area contributed by atoms with Gasteiger partial charge in [-0.15, -0.1) is 0 Å². The Kier molecular flexibility index (Phi) is 3.77. The molecule has 4 heteroatoms. The fourth-order valence-corrected chi connectivity index (χ4v) is 1.48. The summed E-state index contributed by atoms with van der Waals surface area (Å²) in [6.07, 6.45) is 0. The molecule has 1 aromatic heterocycles. The monoisotopic (exact) mass is 209 g/mol. The predicted octanol–water partition coefficient (Wildman–Crippen LogP) is 1.38. The zero-order valence-electron chi connectivity index (χ0n) is 9.87. The molecule has 1 rings (SSSR count). The van der Waals surface area contributed by atoms with Crippen LogP contribution in [0.25, 0.3) is 0 Å². The Morgan fingerprint density at radius 1 is 1.33 bits per heavy atom. The van der Waals surface area contributed by atoms with Gasteiger partial charge in [0.25, 0.3) is 0 Å². The van der Waals surface area contributed by atoms with Crippen LogP contribution in [0, 0.1) is 13.8 Å². The van der Waals surface area contributed by atoms with Gasteiger partial charge in [0.15, 0.2) is 0 Å². The van der Waals surface area contributed by atoms with Crippen LogP contribution in [-0.2, 0) is 6.54 Å². The molecule has 0 saturated carbocycles. The van der Waals surface area contributed by atoms with E-state index in [1.807, 2.05) is 0 Å². The van der Waals surface area contributed by atoms with Crippen molar-refractivity contribution in [1.29, 1.82) is 0 Å². The lowest BCUT2D eigenvalue weighted by Gasteiger charge is -2.13. The molecular weight excluding hydrogens is 190 g/mol. The number of carbonyl (C=O) groups is 1. The summed E-state index contributed by atoms with van der Waals surface area (Å²) in [5.41, 5.74) is 2.46. The lowest BCUT2D eigenvalue weighted by molar-refractivity contribution is 0.217. The van der Waals surface area contributed by atoms with Crippen molar-refractivity contribution in [3.05, 3.63) is 23.5 Å². The van der Waals surface area contributed by atoms with Crippen LogP contribution in [0.3, 0.4) is 0 Å². The average molecular weight is 209 g/mol. The summed E-state index contributed by atoms with van der Waals surface area (Å²) in [7, 11) is 3.48. The summed E-state index contributed by atoms with van der Waals surface area (Å²) in [4.78, 5) is 12.8. The van der Waals surface area contributed by atoms with Crippen LogP contribution in [0.1, 0.15) is 11.4 Å². The Hall–Kier alpha value is -1.45. The first-order chi connectivity index (χ1) is 7.02. The van der Waals surface area contributed by atoms with E-state index in [2.05, 4.69) is 35.9 Å². The second-order valence-electron chi connectivity index (χ2n) is 3.89. The topological polar surface area (TPSA) is 37.3 Å². The van der Waals surface area contributed by atoms with Gasteiger partial charge < -0.3 is 14.8 Å². The molecule has 0 fully saturated rings. The predicted molar refractivity (Wildman–Crippen MR) is 61.0 cm³/mol. The second-order valence-corrected chi connectivity index (χ2v) is 3.89. The molecule has 0 radical (unpaired) electrons. The molecule has 0 aliphatic heterocycles. The zero-order chi connectivity index (χ0) is 11.4. The molecule has 84 valence electrons. The molecule has 1 aromatic rings. The molecule has 0 bridgehead atoms. The third kappa shape index (κ3) is 3.01. The van der Waals surface area contributed by atoms with Crippen LogP contribution in [0.5, 0.6) is 0 Å². The van der Waals surface area contributed by atoms with Crippen molar-refractivity contribution in [1.82, 2.24) is 14.8 Å². The van der Waals surface area contributed by atoms with Gasteiger partial charge in [0, 0.05) is 38.6 Å². The largest absolute Gasteiger partial charge is 0.347 e. The maximum Gasteiger partial charge on any atom is 0.316 e. The molecule has 0 unspecified atom stereocenters. The summed E-state index contributed by atoms with van der Waals surface area (Å²) >= 11 is 0. The Balaban J connectivity index is 2.41. The zero-order valence-corrected chi connectivity index (χ0v) is 9.87. The highest BCUT2D eigenvalue weighted by molar-refractivity contribution is 5.73. The molecule has 0 saturated heterocycles. The van der Waals surface area contributed by atoms with Crippen LogP contribution in [-0.4, -0.2) is 36.1 Å². The van der Waals surface area contributed by atoms with E-state index >= 15 is 0 Å². The van der Waals surface area contributed by atoms with Crippen molar-refractivity contribution < 1.29 is 4.79 Å². The normalized spacial score (nSPS) is 10.1. The van der Waals surface area contributed by atoms with Gasteiger partial charge in [0.05, 0.1) is 0 Å². The number of nitrogens with one attached hydrogen (secondary N) is 1. The highest BCUT2D eigenvalue weighted by atomic mass is 16.2. The van der Waals surface area contributed by atoms with E-state index in [1.54, 1.807) is 14.1 Å². The first kappa shape index (κ1) is 11.6. The molecule has 0 spiro atoms. The molecule has 0 aromatic carbocycles. The summed E-state index contributed by atoms with van der Waals surface area (Å²) in [6, 6.07) is 4.13.